The highest BCUT2D eigenvalue weighted by Gasteiger charge is 2.28. The van der Waals surface area contributed by atoms with Gasteiger partial charge in [-0.25, -0.2) is 4.79 Å². The third-order valence-electron chi connectivity index (χ3n) is 3.41. The van der Waals surface area contributed by atoms with Gasteiger partial charge in [0.15, 0.2) is 0 Å². The fourth-order valence-corrected chi connectivity index (χ4v) is 2.23. The summed E-state index contributed by atoms with van der Waals surface area (Å²) in [5.41, 5.74) is 4.13. The second-order valence-electron chi connectivity index (χ2n) is 5.09. The molecule has 5 N–H and O–H groups in total. The summed E-state index contributed by atoms with van der Waals surface area (Å²) in [6, 6.07) is -1.41. The van der Waals surface area contributed by atoms with Gasteiger partial charge in [0.1, 0.15) is 0 Å². The Morgan fingerprint density at radius 3 is 2.33 bits per heavy atom. The minimum Gasteiger partial charge on any atom is -0.389 e. The Labute approximate surface area is 107 Å². The summed E-state index contributed by atoms with van der Waals surface area (Å²) in [4.78, 5) is 22.0. The maximum Gasteiger partial charge on any atom is 0.318 e. The molecular weight excluding hydrogens is 234 g/mol. The van der Waals surface area contributed by atoms with Gasteiger partial charge in [-0.1, -0.05) is 25.7 Å². The van der Waals surface area contributed by atoms with Crippen LogP contribution in [0.15, 0.2) is 0 Å². The number of imide groups is 1. The number of urea groups is 1. The molecule has 0 aromatic heterocycles. The van der Waals surface area contributed by atoms with Gasteiger partial charge in [-0.15, -0.1) is 0 Å². The smallest absolute Gasteiger partial charge is 0.318 e. The van der Waals surface area contributed by atoms with Gasteiger partial charge in [-0.2, -0.15) is 0 Å². The monoisotopic (exact) mass is 257 g/mol. The summed E-state index contributed by atoms with van der Waals surface area (Å²) in [6.07, 6.45) is 5.84. The zero-order valence-electron chi connectivity index (χ0n) is 10.9. The molecule has 3 amide bonds. The summed E-state index contributed by atoms with van der Waals surface area (Å²) in [5, 5.41) is 15.3. The van der Waals surface area contributed by atoms with Crippen LogP contribution in [0.3, 0.4) is 0 Å². The number of primary amides is 1. The topological polar surface area (TPSA) is 104 Å². The lowest BCUT2D eigenvalue weighted by Gasteiger charge is -2.28. The average molecular weight is 257 g/mol. The molecule has 0 aliphatic heterocycles. The molecule has 0 bridgehead atoms. The van der Waals surface area contributed by atoms with Gasteiger partial charge in [0.2, 0.25) is 5.91 Å². The molecule has 0 spiro atoms. The molecule has 1 aliphatic carbocycles. The van der Waals surface area contributed by atoms with Crippen molar-refractivity contribution in [1.82, 2.24) is 10.6 Å². The minimum atomic E-state index is -0.859. The number of nitrogens with one attached hydrogen (secondary N) is 2. The van der Waals surface area contributed by atoms with Crippen LogP contribution in [-0.4, -0.2) is 35.2 Å². The predicted molar refractivity (Wildman–Crippen MR) is 67.8 cm³/mol. The van der Waals surface area contributed by atoms with Crippen LogP contribution in [0.4, 0.5) is 4.79 Å². The van der Waals surface area contributed by atoms with E-state index in [0.717, 1.165) is 38.5 Å². The van der Waals surface area contributed by atoms with Crippen molar-refractivity contribution in [2.24, 2.45) is 5.73 Å². The molecule has 1 fully saturated rings. The number of amides is 3. The summed E-state index contributed by atoms with van der Waals surface area (Å²) < 4.78 is 0. The number of carbonyl (C=O) groups is 2. The SMILES string of the molecule is CC(NCC1(O)CCCCCC1)C(=O)NC(N)=O. The van der Waals surface area contributed by atoms with Crippen LogP contribution in [0.2, 0.25) is 0 Å². The van der Waals surface area contributed by atoms with E-state index in [9.17, 15) is 14.7 Å². The molecule has 0 saturated heterocycles. The third-order valence-corrected chi connectivity index (χ3v) is 3.41. The summed E-state index contributed by atoms with van der Waals surface area (Å²) in [7, 11) is 0. The standard InChI is InChI=1S/C12H23N3O3/c1-9(10(16)15-11(13)17)14-8-12(18)6-4-2-3-5-7-12/h9,14,18H,2-8H2,1H3,(H3,13,15,16,17). The first-order chi connectivity index (χ1) is 8.43. The van der Waals surface area contributed by atoms with Crippen molar-refractivity contribution in [2.75, 3.05) is 6.54 Å². The van der Waals surface area contributed by atoms with Crippen LogP contribution in [0.25, 0.3) is 0 Å². The maximum atomic E-state index is 11.4. The van der Waals surface area contributed by atoms with Gasteiger partial charge in [0, 0.05) is 6.54 Å². The maximum absolute atomic E-state index is 11.4. The van der Waals surface area contributed by atoms with Gasteiger partial charge in [-0.3, -0.25) is 10.1 Å². The molecule has 0 heterocycles. The molecule has 1 unspecified atom stereocenters. The number of hydrogen-bond donors (Lipinski definition) is 4. The molecule has 18 heavy (non-hydrogen) atoms. The Morgan fingerprint density at radius 2 is 1.83 bits per heavy atom. The molecule has 1 aliphatic rings. The average Bonchev–Trinajstić information content (AvgIpc) is 2.51. The van der Waals surface area contributed by atoms with Crippen LogP contribution in [-0.2, 0) is 4.79 Å². The largest absolute Gasteiger partial charge is 0.389 e. The van der Waals surface area contributed by atoms with E-state index < -0.39 is 23.6 Å². The molecule has 6 nitrogen and oxygen atoms in total. The van der Waals surface area contributed by atoms with Crippen molar-refractivity contribution in [1.29, 1.82) is 0 Å². The van der Waals surface area contributed by atoms with Crippen LogP contribution in [0, 0.1) is 0 Å². The first-order valence-corrected chi connectivity index (χ1v) is 6.49. The highest BCUT2D eigenvalue weighted by atomic mass is 16.3. The van der Waals surface area contributed by atoms with Crippen LogP contribution in [0.1, 0.15) is 45.4 Å². The van der Waals surface area contributed by atoms with E-state index in [-0.39, 0.29) is 0 Å². The molecule has 0 aromatic rings. The lowest BCUT2D eigenvalue weighted by atomic mass is 9.94. The van der Waals surface area contributed by atoms with Gasteiger partial charge >= 0.3 is 6.03 Å². The third kappa shape index (κ3) is 5.01. The Kier molecular flexibility index (Phi) is 5.55. The quantitative estimate of drug-likeness (QED) is 0.542. The van der Waals surface area contributed by atoms with Crippen molar-refractivity contribution >= 4 is 11.9 Å². The number of rotatable bonds is 4. The molecule has 1 saturated carbocycles. The molecule has 0 radical (unpaired) electrons. The first-order valence-electron chi connectivity index (χ1n) is 6.49. The van der Waals surface area contributed by atoms with Crippen molar-refractivity contribution in [2.45, 2.75) is 57.1 Å². The highest BCUT2D eigenvalue weighted by molar-refractivity contribution is 5.96. The van der Waals surface area contributed by atoms with Crippen molar-refractivity contribution in [3.05, 3.63) is 0 Å². The van der Waals surface area contributed by atoms with Crippen LogP contribution >= 0.6 is 0 Å². The molecule has 104 valence electrons. The number of carbonyl (C=O) groups excluding carboxylic acids is 2. The minimum absolute atomic E-state index is 0.361. The van der Waals surface area contributed by atoms with E-state index in [0.29, 0.717) is 6.54 Å². The number of aliphatic hydroxyl groups is 1. The van der Waals surface area contributed by atoms with Crippen molar-refractivity contribution < 1.29 is 14.7 Å². The molecule has 1 rings (SSSR count). The Hall–Kier alpha value is -1.14. The lowest BCUT2D eigenvalue weighted by Crippen LogP contribution is -2.50. The van der Waals surface area contributed by atoms with Crippen LogP contribution < -0.4 is 16.4 Å². The molecule has 1 atom stereocenters. The fraction of sp³-hybridized carbons (Fsp3) is 0.833. The highest BCUT2D eigenvalue weighted by Crippen LogP contribution is 2.26. The normalized spacial score (nSPS) is 20.8. The molecule has 0 aromatic carbocycles. The Balaban J connectivity index is 2.38. The fourth-order valence-electron chi connectivity index (χ4n) is 2.23. The second-order valence-corrected chi connectivity index (χ2v) is 5.09. The molecular formula is C12H23N3O3. The van der Waals surface area contributed by atoms with E-state index in [4.69, 9.17) is 5.73 Å². The van der Waals surface area contributed by atoms with Crippen LogP contribution in [0.5, 0.6) is 0 Å². The van der Waals surface area contributed by atoms with E-state index in [1.807, 2.05) is 5.32 Å². The van der Waals surface area contributed by atoms with E-state index in [1.165, 1.54) is 0 Å². The van der Waals surface area contributed by atoms with E-state index in [2.05, 4.69) is 5.32 Å². The summed E-state index contributed by atoms with van der Waals surface area (Å²) >= 11 is 0. The number of nitrogens with two attached hydrogens (primary N) is 1. The Morgan fingerprint density at radius 1 is 1.28 bits per heavy atom. The second kappa shape index (κ2) is 6.70. The summed E-state index contributed by atoms with van der Waals surface area (Å²) in [5.74, 6) is -0.472. The van der Waals surface area contributed by atoms with Crippen molar-refractivity contribution in [3.8, 4) is 0 Å². The van der Waals surface area contributed by atoms with Crippen molar-refractivity contribution in [3.63, 3.8) is 0 Å². The Bertz CT molecular complexity index is 299. The number of hydrogen-bond acceptors (Lipinski definition) is 4. The van der Waals surface area contributed by atoms with Gasteiger partial charge in [0.25, 0.3) is 0 Å². The zero-order valence-corrected chi connectivity index (χ0v) is 10.9. The zero-order chi connectivity index (χ0) is 13.6. The van der Waals surface area contributed by atoms with Gasteiger partial charge < -0.3 is 16.2 Å². The van der Waals surface area contributed by atoms with E-state index in [1.54, 1.807) is 6.92 Å². The van der Waals surface area contributed by atoms with Gasteiger partial charge in [0.05, 0.1) is 11.6 Å². The first kappa shape index (κ1) is 14.9. The van der Waals surface area contributed by atoms with E-state index >= 15 is 0 Å². The summed E-state index contributed by atoms with van der Waals surface area (Å²) in [6.45, 7) is 2.00. The van der Waals surface area contributed by atoms with Gasteiger partial charge in [-0.05, 0) is 19.8 Å². The molecule has 6 heteroatoms. The lowest BCUT2D eigenvalue weighted by molar-refractivity contribution is -0.121. The predicted octanol–water partition coefficient (Wildman–Crippen LogP) is 0.245.